The highest BCUT2D eigenvalue weighted by molar-refractivity contribution is 6.32. The molecule has 0 heterocycles. The van der Waals surface area contributed by atoms with Crippen LogP contribution in [0.1, 0.15) is 49.4 Å². The molecular weight excluding hydrogens is 262 g/mol. The highest BCUT2D eigenvalue weighted by Gasteiger charge is 2.18. The Labute approximate surface area is 119 Å². The Bertz CT molecular complexity index is 461. The van der Waals surface area contributed by atoms with Crippen LogP contribution < -0.4 is 5.32 Å². The monoisotopic (exact) mass is 281 g/mol. The Morgan fingerprint density at radius 2 is 2.11 bits per heavy atom. The molecule has 0 radical (unpaired) electrons. The number of hydrogen-bond donors (Lipinski definition) is 2. The number of amides is 1. The molecule has 104 valence electrons. The van der Waals surface area contributed by atoms with Gasteiger partial charge in [0.15, 0.2) is 0 Å². The molecular formula is C15H20ClNO2. The lowest BCUT2D eigenvalue weighted by atomic mass is 10.0. The van der Waals surface area contributed by atoms with Crippen LogP contribution in [-0.2, 0) is 0 Å². The SMILES string of the molecule is CC1CCCC(NC(=O)c2ccc(O)c(Cl)c2)CC1. The molecule has 4 heteroatoms. The first kappa shape index (κ1) is 14.2. The third-order valence-electron chi connectivity index (χ3n) is 3.80. The third-order valence-corrected chi connectivity index (χ3v) is 4.11. The van der Waals surface area contributed by atoms with Crippen molar-refractivity contribution in [1.29, 1.82) is 0 Å². The zero-order chi connectivity index (χ0) is 13.8. The molecule has 1 saturated carbocycles. The first-order valence-corrected chi connectivity index (χ1v) is 7.23. The van der Waals surface area contributed by atoms with Gasteiger partial charge in [0.05, 0.1) is 5.02 Å². The van der Waals surface area contributed by atoms with E-state index < -0.39 is 0 Å². The van der Waals surface area contributed by atoms with Crippen molar-refractivity contribution in [3.8, 4) is 5.75 Å². The molecule has 2 N–H and O–H groups in total. The summed E-state index contributed by atoms with van der Waals surface area (Å²) in [5.41, 5.74) is 0.500. The predicted molar refractivity (Wildman–Crippen MR) is 76.6 cm³/mol. The van der Waals surface area contributed by atoms with Gasteiger partial charge in [0.1, 0.15) is 5.75 Å². The van der Waals surface area contributed by atoms with E-state index in [0.29, 0.717) is 5.56 Å². The summed E-state index contributed by atoms with van der Waals surface area (Å²) in [4.78, 5) is 12.1. The molecule has 1 aromatic carbocycles. The van der Waals surface area contributed by atoms with Crippen LogP contribution in [0.5, 0.6) is 5.75 Å². The van der Waals surface area contributed by atoms with Crippen LogP contribution in [0.25, 0.3) is 0 Å². The normalized spacial score (nSPS) is 23.7. The third kappa shape index (κ3) is 3.87. The van der Waals surface area contributed by atoms with E-state index in [0.717, 1.165) is 18.8 Å². The van der Waals surface area contributed by atoms with Crippen LogP contribution in [0, 0.1) is 5.92 Å². The molecule has 1 aliphatic rings. The maximum atomic E-state index is 12.1. The van der Waals surface area contributed by atoms with Gasteiger partial charge in [-0.3, -0.25) is 4.79 Å². The minimum absolute atomic E-state index is 0.00140. The molecule has 0 bridgehead atoms. The second-order valence-corrected chi connectivity index (χ2v) is 5.86. The van der Waals surface area contributed by atoms with E-state index in [-0.39, 0.29) is 22.7 Å². The molecule has 1 aromatic rings. The quantitative estimate of drug-likeness (QED) is 0.811. The zero-order valence-corrected chi connectivity index (χ0v) is 11.9. The van der Waals surface area contributed by atoms with Crippen molar-refractivity contribution in [3.05, 3.63) is 28.8 Å². The zero-order valence-electron chi connectivity index (χ0n) is 11.2. The van der Waals surface area contributed by atoms with Crippen LogP contribution in [0.15, 0.2) is 18.2 Å². The highest BCUT2D eigenvalue weighted by Crippen LogP contribution is 2.25. The molecule has 0 aliphatic heterocycles. The predicted octanol–water partition coefficient (Wildman–Crippen LogP) is 3.74. The van der Waals surface area contributed by atoms with Crippen molar-refractivity contribution < 1.29 is 9.90 Å². The van der Waals surface area contributed by atoms with Crippen LogP contribution in [0.4, 0.5) is 0 Å². The van der Waals surface area contributed by atoms with Crippen molar-refractivity contribution in [3.63, 3.8) is 0 Å². The minimum Gasteiger partial charge on any atom is -0.506 e. The maximum absolute atomic E-state index is 12.1. The number of carbonyl (C=O) groups is 1. The van der Waals surface area contributed by atoms with E-state index in [1.54, 1.807) is 6.07 Å². The van der Waals surface area contributed by atoms with E-state index in [1.165, 1.54) is 31.4 Å². The van der Waals surface area contributed by atoms with Gasteiger partial charge >= 0.3 is 0 Å². The smallest absolute Gasteiger partial charge is 0.251 e. The fourth-order valence-corrected chi connectivity index (χ4v) is 2.73. The molecule has 0 aromatic heterocycles. The lowest BCUT2D eigenvalue weighted by Gasteiger charge is -2.16. The standard InChI is InChI=1S/C15H20ClNO2/c1-10-3-2-4-12(7-5-10)17-15(19)11-6-8-14(18)13(16)9-11/h6,8-10,12,18H,2-5,7H2,1H3,(H,17,19). The van der Waals surface area contributed by atoms with E-state index in [4.69, 9.17) is 11.6 Å². The molecule has 1 aliphatic carbocycles. The summed E-state index contributed by atoms with van der Waals surface area (Å²) in [6, 6.07) is 4.80. The van der Waals surface area contributed by atoms with E-state index in [1.807, 2.05) is 0 Å². The van der Waals surface area contributed by atoms with Gasteiger partial charge in [0.25, 0.3) is 5.91 Å². The van der Waals surface area contributed by atoms with E-state index >= 15 is 0 Å². The Morgan fingerprint density at radius 1 is 1.32 bits per heavy atom. The maximum Gasteiger partial charge on any atom is 0.251 e. The number of benzene rings is 1. The van der Waals surface area contributed by atoms with Gasteiger partial charge in [0, 0.05) is 11.6 Å². The highest BCUT2D eigenvalue weighted by atomic mass is 35.5. The Balaban J connectivity index is 1.98. The number of halogens is 1. The molecule has 2 unspecified atom stereocenters. The van der Waals surface area contributed by atoms with Crippen LogP contribution in [-0.4, -0.2) is 17.1 Å². The lowest BCUT2D eigenvalue weighted by molar-refractivity contribution is 0.0933. The average molecular weight is 282 g/mol. The van der Waals surface area contributed by atoms with Gasteiger partial charge in [-0.15, -0.1) is 0 Å². The molecule has 0 saturated heterocycles. The largest absolute Gasteiger partial charge is 0.506 e. The van der Waals surface area contributed by atoms with Crippen LogP contribution >= 0.6 is 11.6 Å². The van der Waals surface area contributed by atoms with Gasteiger partial charge in [-0.2, -0.15) is 0 Å². The first-order valence-electron chi connectivity index (χ1n) is 6.85. The topological polar surface area (TPSA) is 49.3 Å². The summed E-state index contributed by atoms with van der Waals surface area (Å²) < 4.78 is 0. The first-order chi connectivity index (χ1) is 9.06. The molecule has 3 nitrogen and oxygen atoms in total. The van der Waals surface area contributed by atoms with Gasteiger partial charge in [-0.05, 0) is 43.4 Å². The average Bonchev–Trinajstić information content (AvgIpc) is 2.58. The molecule has 19 heavy (non-hydrogen) atoms. The van der Waals surface area contributed by atoms with Gasteiger partial charge in [-0.25, -0.2) is 0 Å². The minimum atomic E-state index is -0.110. The fourth-order valence-electron chi connectivity index (χ4n) is 2.55. The van der Waals surface area contributed by atoms with E-state index in [2.05, 4.69) is 12.2 Å². The van der Waals surface area contributed by atoms with Crippen molar-refractivity contribution in [2.75, 3.05) is 0 Å². The number of phenolic OH excluding ortho intramolecular Hbond substituents is 1. The van der Waals surface area contributed by atoms with Gasteiger partial charge < -0.3 is 10.4 Å². The number of nitrogens with one attached hydrogen (secondary N) is 1. The van der Waals surface area contributed by atoms with Crippen LogP contribution in [0.2, 0.25) is 5.02 Å². The lowest BCUT2D eigenvalue weighted by Crippen LogP contribution is -2.34. The number of hydrogen-bond acceptors (Lipinski definition) is 2. The molecule has 1 amide bonds. The summed E-state index contributed by atoms with van der Waals surface area (Å²) in [5, 5.41) is 12.6. The fraction of sp³-hybridized carbons (Fsp3) is 0.533. The van der Waals surface area contributed by atoms with E-state index in [9.17, 15) is 9.90 Å². The Hall–Kier alpha value is -1.22. The summed E-state index contributed by atoms with van der Waals surface area (Å²) in [6.45, 7) is 2.27. The Morgan fingerprint density at radius 3 is 2.84 bits per heavy atom. The number of aromatic hydroxyl groups is 1. The van der Waals surface area contributed by atoms with Gasteiger partial charge in [0.2, 0.25) is 0 Å². The van der Waals surface area contributed by atoms with Crippen LogP contribution in [0.3, 0.4) is 0 Å². The molecule has 0 spiro atoms. The van der Waals surface area contributed by atoms with Crippen molar-refractivity contribution in [1.82, 2.24) is 5.32 Å². The molecule has 2 atom stereocenters. The van der Waals surface area contributed by atoms with Crippen molar-refractivity contribution in [2.45, 2.75) is 45.1 Å². The van der Waals surface area contributed by atoms with Crippen molar-refractivity contribution >= 4 is 17.5 Å². The van der Waals surface area contributed by atoms with Gasteiger partial charge in [-0.1, -0.05) is 31.4 Å². The molecule has 2 rings (SSSR count). The number of phenols is 1. The van der Waals surface area contributed by atoms with Crippen molar-refractivity contribution in [2.24, 2.45) is 5.92 Å². The summed E-state index contributed by atoms with van der Waals surface area (Å²) in [6.07, 6.45) is 5.67. The second-order valence-electron chi connectivity index (χ2n) is 5.45. The Kier molecular flexibility index (Phi) is 4.70. The molecule has 1 fully saturated rings. The number of rotatable bonds is 2. The summed E-state index contributed by atoms with van der Waals surface area (Å²) in [5.74, 6) is 0.646. The summed E-state index contributed by atoms with van der Waals surface area (Å²) in [7, 11) is 0. The second kappa shape index (κ2) is 6.29. The number of carbonyl (C=O) groups excluding carboxylic acids is 1. The summed E-state index contributed by atoms with van der Waals surface area (Å²) >= 11 is 5.82.